The van der Waals surface area contributed by atoms with Crippen LogP contribution in [0.25, 0.3) is 0 Å². The Morgan fingerprint density at radius 3 is 2.68 bits per heavy atom. The lowest BCUT2D eigenvalue weighted by Gasteiger charge is -2.26. The van der Waals surface area contributed by atoms with E-state index in [1.165, 1.54) is 0 Å². The zero-order chi connectivity index (χ0) is 14.4. The van der Waals surface area contributed by atoms with Gasteiger partial charge in [0.2, 0.25) is 5.91 Å². The minimum absolute atomic E-state index is 0.0352. The Balaban J connectivity index is 2.54. The molecule has 1 rings (SSSR count). The van der Waals surface area contributed by atoms with Gasteiger partial charge in [-0.05, 0) is 33.9 Å². The summed E-state index contributed by atoms with van der Waals surface area (Å²) in [5.41, 5.74) is 6.90. The SMILES string of the molecule is Cc1occc1CN(C)C(CN)CC(=O)NC(C)C. The smallest absolute Gasteiger partial charge is 0.221 e. The molecule has 1 heterocycles. The third-order valence-corrected chi connectivity index (χ3v) is 3.15. The van der Waals surface area contributed by atoms with Gasteiger partial charge in [0.25, 0.3) is 0 Å². The molecule has 3 N–H and O–H groups in total. The van der Waals surface area contributed by atoms with Crippen LogP contribution in [-0.2, 0) is 11.3 Å². The van der Waals surface area contributed by atoms with Crippen LogP contribution >= 0.6 is 0 Å². The van der Waals surface area contributed by atoms with Crippen LogP contribution in [0.15, 0.2) is 16.7 Å². The minimum Gasteiger partial charge on any atom is -0.469 e. The minimum atomic E-state index is 0.0352. The number of carbonyl (C=O) groups excluding carboxylic acids is 1. The van der Waals surface area contributed by atoms with Gasteiger partial charge in [-0.25, -0.2) is 0 Å². The molecule has 1 atom stereocenters. The number of likely N-dealkylation sites (N-methyl/N-ethyl adjacent to an activating group) is 1. The molecule has 108 valence electrons. The van der Waals surface area contributed by atoms with Gasteiger partial charge in [-0.1, -0.05) is 0 Å². The molecule has 0 bridgehead atoms. The van der Waals surface area contributed by atoms with Gasteiger partial charge >= 0.3 is 0 Å². The molecule has 0 spiro atoms. The third-order valence-electron chi connectivity index (χ3n) is 3.15. The highest BCUT2D eigenvalue weighted by Gasteiger charge is 2.18. The predicted octanol–water partition coefficient (Wildman–Crippen LogP) is 1.26. The second kappa shape index (κ2) is 7.31. The average molecular weight is 267 g/mol. The number of nitrogens with one attached hydrogen (secondary N) is 1. The summed E-state index contributed by atoms with van der Waals surface area (Å²) < 4.78 is 5.28. The van der Waals surface area contributed by atoms with Crippen molar-refractivity contribution in [1.29, 1.82) is 0 Å². The molecule has 0 aliphatic carbocycles. The van der Waals surface area contributed by atoms with Gasteiger partial charge in [0.05, 0.1) is 6.26 Å². The lowest BCUT2D eigenvalue weighted by molar-refractivity contribution is -0.122. The van der Waals surface area contributed by atoms with Gasteiger partial charge in [-0.15, -0.1) is 0 Å². The van der Waals surface area contributed by atoms with Gasteiger partial charge < -0.3 is 15.5 Å². The zero-order valence-corrected chi connectivity index (χ0v) is 12.3. The van der Waals surface area contributed by atoms with Crippen molar-refractivity contribution in [3.63, 3.8) is 0 Å². The van der Waals surface area contributed by atoms with E-state index in [-0.39, 0.29) is 18.0 Å². The first-order valence-electron chi connectivity index (χ1n) is 6.66. The molecule has 0 radical (unpaired) electrons. The molecular formula is C14H25N3O2. The number of hydrogen-bond acceptors (Lipinski definition) is 4. The summed E-state index contributed by atoms with van der Waals surface area (Å²) in [5, 5.41) is 2.89. The summed E-state index contributed by atoms with van der Waals surface area (Å²) in [6.45, 7) is 7.03. The quantitative estimate of drug-likeness (QED) is 0.780. The fourth-order valence-electron chi connectivity index (χ4n) is 1.99. The molecule has 0 saturated heterocycles. The maximum Gasteiger partial charge on any atom is 0.221 e. The summed E-state index contributed by atoms with van der Waals surface area (Å²) in [5.74, 6) is 0.954. The van der Waals surface area contributed by atoms with Crippen LogP contribution in [0.1, 0.15) is 31.6 Å². The average Bonchev–Trinajstić information content (AvgIpc) is 2.71. The monoisotopic (exact) mass is 267 g/mol. The number of rotatable bonds is 7. The van der Waals surface area contributed by atoms with Crippen LogP contribution in [0.4, 0.5) is 0 Å². The highest BCUT2D eigenvalue weighted by atomic mass is 16.3. The van der Waals surface area contributed by atoms with E-state index >= 15 is 0 Å². The highest BCUT2D eigenvalue weighted by molar-refractivity contribution is 5.76. The fourth-order valence-corrected chi connectivity index (χ4v) is 1.99. The lowest BCUT2D eigenvalue weighted by atomic mass is 10.1. The number of amides is 1. The van der Waals surface area contributed by atoms with Crippen molar-refractivity contribution in [3.8, 4) is 0 Å². The van der Waals surface area contributed by atoms with Crippen molar-refractivity contribution in [2.45, 2.75) is 45.8 Å². The van der Waals surface area contributed by atoms with E-state index < -0.39 is 0 Å². The summed E-state index contributed by atoms with van der Waals surface area (Å²) in [6.07, 6.45) is 2.10. The Hall–Kier alpha value is -1.33. The third kappa shape index (κ3) is 5.04. The first-order valence-corrected chi connectivity index (χ1v) is 6.66. The molecule has 0 aliphatic heterocycles. The van der Waals surface area contributed by atoms with E-state index in [0.29, 0.717) is 13.0 Å². The molecule has 5 heteroatoms. The molecular weight excluding hydrogens is 242 g/mol. The number of aryl methyl sites for hydroxylation is 1. The molecule has 5 nitrogen and oxygen atoms in total. The molecule has 0 fully saturated rings. The number of hydrogen-bond donors (Lipinski definition) is 2. The van der Waals surface area contributed by atoms with Crippen LogP contribution in [0.3, 0.4) is 0 Å². The first kappa shape index (κ1) is 15.7. The molecule has 0 saturated carbocycles. The van der Waals surface area contributed by atoms with Crippen LogP contribution in [0.5, 0.6) is 0 Å². The molecule has 1 aromatic heterocycles. The highest BCUT2D eigenvalue weighted by Crippen LogP contribution is 2.13. The second-order valence-electron chi connectivity index (χ2n) is 5.23. The summed E-state index contributed by atoms with van der Waals surface area (Å²) in [4.78, 5) is 13.9. The van der Waals surface area contributed by atoms with Crippen molar-refractivity contribution < 1.29 is 9.21 Å². The normalized spacial score (nSPS) is 13.0. The molecule has 1 amide bonds. The first-order chi connectivity index (χ1) is 8.93. The largest absolute Gasteiger partial charge is 0.469 e. The Labute approximate surface area is 115 Å². The van der Waals surface area contributed by atoms with Crippen molar-refractivity contribution in [2.24, 2.45) is 5.73 Å². The van der Waals surface area contributed by atoms with Crippen LogP contribution < -0.4 is 11.1 Å². The number of nitrogens with zero attached hydrogens (tertiary/aromatic N) is 1. The van der Waals surface area contributed by atoms with Gasteiger partial charge in [-0.2, -0.15) is 0 Å². The van der Waals surface area contributed by atoms with Crippen molar-refractivity contribution in [1.82, 2.24) is 10.2 Å². The van der Waals surface area contributed by atoms with Gasteiger partial charge in [0, 0.05) is 37.2 Å². The van der Waals surface area contributed by atoms with E-state index in [2.05, 4.69) is 10.2 Å². The molecule has 19 heavy (non-hydrogen) atoms. The molecule has 1 aromatic rings. The number of carbonyl (C=O) groups is 1. The Kier molecular flexibility index (Phi) is 6.05. The van der Waals surface area contributed by atoms with Gasteiger partial charge in [0.15, 0.2) is 0 Å². The molecule has 0 aromatic carbocycles. The topological polar surface area (TPSA) is 71.5 Å². The molecule has 1 unspecified atom stereocenters. The maximum atomic E-state index is 11.8. The van der Waals surface area contributed by atoms with E-state index in [0.717, 1.165) is 17.9 Å². The zero-order valence-electron chi connectivity index (χ0n) is 12.3. The Bertz CT molecular complexity index is 401. The lowest BCUT2D eigenvalue weighted by Crippen LogP contribution is -2.42. The van der Waals surface area contributed by atoms with E-state index in [9.17, 15) is 4.79 Å². The number of nitrogens with two attached hydrogens (primary N) is 1. The Morgan fingerprint density at radius 1 is 1.53 bits per heavy atom. The van der Waals surface area contributed by atoms with Crippen molar-refractivity contribution >= 4 is 5.91 Å². The van der Waals surface area contributed by atoms with E-state index in [4.69, 9.17) is 10.2 Å². The van der Waals surface area contributed by atoms with Gasteiger partial charge in [0.1, 0.15) is 5.76 Å². The molecule has 0 aliphatic rings. The van der Waals surface area contributed by atoms with Crippen LogP contribution in [0, 0.1) is 6.92 Å². The Morgan fingerprint density at radius 2 is 2.21 bits per heavy atom. The summed E-state index contributed by atoms with van der Waals surface area (Å²) in [7, 11) is 1.98. The van der Waals surface area contributed by atoms with E-state index in [1.807, 2.05) is 33.9 Å². The predicted molar refractivity (Wildman–Crippen MR) is 75.7 cm³/mol. The maximum absolute atomic E-state index is 11.8. The summed E-state index contributed by atoms with van der Waals surface area (Å²) >= 11 is 0. The summed E-state index contributed by atoms with van der Waals surface area (Å²) in [6, 6.07) is 2.15. The van der Waals surface area contributed by atoms with Crippen LogP contribution in [-0.4, -0.2) is 36.5 Å². The fraction of sp³-hybridized carbons (Fsp3) is 0.643. The second-order valence-corrected chi connectivity index (χ2v) is 5.23. The van der Waals surface area contributed by atoms with E-state index in [1.54, 1.807) is 6.26 Å². The van der Waals surface area contributed by atoms with Crippen LogP contribution in [0.2, 0.25) is 0 Å². The van der Waals surface area contributed by atoms with Crippen molar-refractivity contribution in [3.05, 3.63) is 23.7 Å². The number of furan rings is 1. The standard InChI is InChI=1S/C14H25N3O2/c1-10(2)16-14(18)7-13(8-15)17(4)9-12-5-6-19-11(12)3/h5-6,10,13H,7-9,15H2,1-4H3,(H,16,18). The van der Waals surface area contributed by atoms with Crippen molar-refractivity contribution in [2.75, 3.05) is 13.6 Å². The van der Waals surface area contributed by atoms with Gasteiger partial charge in [-0.3, -0.25) is 9.69 Å².